The molecule has 32 heavy (non-hydrogen) atoms. The zero-order chi connectivity index (χ0) is 23.7. The van der Waals surface area contributed by atoms with Gasteiger partial charge in [0.15, 0.2) is 0 Å². The van der Waals surface area contributed by atoms with Crippen molar-refractivity contribution in [2.45, 2.75) is 25.7 Å². The number of halogens is 4. The Bertz CT molecular complexity index is 977. The normalized spacial score (nSPS) is 11.2. The molecular formula is C20H18Br4N4O4. The first kappa shape index (κ1) is 26.5. The van der Waals surface area contributed by atoms with E-state index in [4.69, 9.17) is 0 Å². The van der Waals surface area contributed by atoms with Gasteiger partial charge in [-0.2, -0.15) is 10.2 Å². The number of hydrogen-bond donors (Lipinski definition) is 4. The van der Waals surface area contributed by atoms with Crippen molar-refractivity contribution in [3.8, 4) is 11.5 Å². The fraction of sp³-hybridized carbons (Fsp3) is 0.200. The number of nitrogens with zero attached hydrogens (tertiary/aromatic N) is 2. The number of hydrogen-bond acceptors (Lipinski definition) is 6. The number of carbonyl (C=O) groups excluding carboxylic acids is 2. The average molecular weight is 698 g/mol. The fourth-order valence-corrected chi connectivity index (χ4v) is 4.92. The summed E-state index contributed by atoms with van der Waals surface area (Å²) >= 11 is 13.1. The number of aromatic hydroxyl groups is 2. The summed E-state index contributed by atoms with van der Waals surface area (Å²) in [4.78, 5) is 23.7. The molecule has 2 aromatic rings. The van der Waals surface area contributed by atoms with Crippen molar-refractivity contribution in [1.82, 2.24) is 10.9 Å². The van der Waals surface area contributed by atoms with Crippen molar-refractivity contribution >= 4 is 88.0 Å². The van der Waals surface area contributed by atoms with Crippen LogP contribution in [-0.2, 0) is 9.59 Å². The summed E-state index contributed by atoms with van der Waals surface area (Å²) in [6, 6.07) is 6.70. The van der Waals surface area contributed by atoms with E-state index in [2.05, 4.69) is 84.8 Å². The number of rotatable bonds is 9. The van der Waals surface area contributed by atoms with Crippen LogP contribution in [0, 0.1) is 0 Å². The topological polar surface area (TPSA) is 123 Å². The maximum Gasteiger partial charge on any atom is 0.240 e. The highest BCUT2D eigenvalue weighted by Crippen LogP contribution is 2.31. The molecule has 0 aromatic heterocycles. The molecule has 0 aliphatic carbocycles. The van der Waals surface area contributed by atoms with Gasteiger partial charge in [-0.25, -0.2) is 10.9 Å². The van der Waals surface area contributed by atoms with Gasteiger partial charge < -0.3 is 10.2 Å². The Balaban J connectivity index is 1.69. The van der Waals surface area contributed by atoms with Crippen LogP contribution in [0.15, 0.2) is 52.4 Å². The molecule has 12 heteroatoms. The lowest BCUT2D eigenvalue weighted by atomic mass is 10.2. The second-order valence-corrected chi connectivity index (χ2v) is 9.98. The van der Waals surface area contributed by atoms with E-state index in [-0.39, 0.29) is 36.2 Å². The largest absolute Gasteiger partial charge is 0.506 e. The Morgan fingerprint density at radius 2 is 1.12 bits per heavy atom. The Hall–Kier alpha value is -1.76. The summed E-state index contributed by atoms with van der Waals surface area (Å²) in [5.41, 5.74) is 5.65. The number of carbonyl (C=O) groups is 2. The first-order valence-electron chi connectivity index (χ1n) is 9.17. The predicted octanol–water partition coefficient (Wildman–Crippen LogP) is 5.31. The van der Waals surface area contributed by atoms with E-state index in [0.29, 0.717) is 32.9 Å². The molecule has 0 fully saturated rings. The minimum absolute atomic E-state index is 0.0163. The summed E-state index contributed by atoms with van der Waals surface area (Å²) in [5, 5.41) is 27.6. The lowest BCUT2D eigenvalue weighted by Gasteiger charge is -2.04. The number of phenolic OH excluding ortho intramolecular Hbond substituents is 2. The van der Waals surface area contributed by atoms with Gasteiger partial charge in [0.2, 0.25) is 11.8 Å². The maximum absolute atomic E-state index is 11.9. The lowest BCUT2D eigenvalue weighted by Crippen LogP contribution is -2.19. The van der Waals surface area contributed by atoms with Gasteiger partial charge in [-0.3, -0.25) is 9.59 Å². The van der Waals surface area contributed by atoms with Gasteiger partial charge in [0, 0.05) is 32.9 Å². The van der Waals surface area contributed by atoms with Gasteiger partial charge in [0.05, 0.1) is 21.4 Å². The molecule has 0 bridgehead atoms. The van der Waals surface area contributed by atoms with Gasteiger partial charge in [0.1, 0.15) is 11.5 Å². The van der Waals surface area contributed by atoms with Crippen LogP contribution in [0.5, 0.6) is 11.5 Å². The average Bonchev–Trinajstić information content (AvgIpc) is 2.72. The smallest absolute Gasteiger partial charge is 0.240 e. The monoisotopic (exact) mass is 694 g/mol. The standard InChI is InChI=1S/C20H18Br4N4O4/c21-13-5-11(19(31)15(23)7-13)9-25-27-17(29)3-1-2-4-18(30)28-26-10-12-6-14(22)8-16(24)20(12)32/h5-10,31-32H,1-4H2,(H,27,29)(H,28,30)/b25-9+,26-10+. The highest BCUT2D eigenvalue weighted by atomic mass is 79.9. The van der Waals surface area contributed by atoms with E-state index in [0.717, 1.165) is 8.95 Å². The third kappa shape index (κ3) is 8.64. The third-order valence-corrected chi connectivity index (χ3v) is 6.08. The van der Waals surface area contributed by atoms with Crippen LogP contribution in [0.2, 0.25) is 0 Å². The second-order valence-electron chi connectivity index (χ2n) is 6.44. The molecule has 8 nitrogen and oxygen atoms in total. The first-order valence-corrected chi connectivity index (χ1v) is 12.3. The van der Waals surface area contributed by atoms with Gasteiger partial charge >= 0.3 is 0 Å². The molecule has 2 amide bonds. The van der Waals surface area contributed by atoms with Gasteiger partial charge in [-0.1, -0.05) is 31.9 Å². The first-order chi connectivity index (χ1) is 15.2. The second kappa shape index (κ2) is 13.1. The molecule has 0 aliphatic heterocycles. The molecule has 0 saturated heterocycles. The Kier molecular flexibility index (Phi) is 10.8. The molecule has 170 valence electrons. The van der Waals surface area contributed by atoms with Crippen LogP contribution in [0.3, 0.4) is 0 Å². The van der Waals surface area contributed by atoms with Crippen LogP contribution in [0.4, 0.5) is 0 Å². The quantitative estimate of drug-likeness (QED) is 0.161. The molecule has 0 unspecified atom stereocenters. The lowest BCUT2D eigenvalue weighted by molar-refractivity contribution is -0.123. The van der Waals surface area contributed by atoms with E-state index in [9.17, 15) is 19.8 Å². The molecule has 0 aliphatic rings. The van der Waals surface area contributed by atoms with Crippen LogP contribution in [-0.4, -0.2) is 34.5 Å². The van der Waals surface area contributed by atoms with Gasteiger partial charge in [-0.15, -0.1) is 0 Å². The van der Waals surface area contributed by atoms with Crippen LogP contribution >= 0.6 is 63.7 Å². The third-order valence-electron chi connectivity index (χ3n) is 3.96. The minimum atomic E-state index is -0.302. The number of benzene rings is 2. The van der Waals surface area contributed by atoms with Crippen molar-refractivity contribution in [2.75, 3.05) is 0 Å². The van der Waals surface area contributed by atoms with Crippen LogP contribution in [0.1, 0.15) is 36.8 Å². The molecule has 0 radical (unpaired) electrons. The van der Waals surface area contributed by atoms with Gasteiger partial charge in [-0.05, 0) is 69.0 Å². The molecule has 2 rings (SSSR count). The number of unbranched alkanes of at least 4 members (excludes halogenated alkanes) is 1. The van der Waals surface area contributed by atoms with E-state index >= 15 is 0 Å². The van der Waals surface area contributed by atoms with Crippen molar-refractivity contribution in [1.29, 1.82) is 0 Å². The SMILES string of the molecule is O=C(CCCCC(=O)N/N=C/c1cc(Br)cc(Br)c1O)N/N=C/c1cc(Br)cc(Br)c1O. The molecular weight excluding hydrogens is 680 g/mol. The highest BCUT2D eigenvalue weighted by Gasteiger charge is 2.07. The van der Waals surface area contributed by atoms with Crippen molar-refractivity contribution < 1.29 is 19.8 Å². The maximum atomic E-state index is 11.9. The summed E-state index contributed by atoms with van der Waals surface area (Å²) in [7, 11) is 0. The van der Waals surface area contributed by atoms with E-state index in [1.807, 2.05) is 0 Å². The molecule has 0 atom stereocenters. The Morgan fingerprint density at radius 3 is 1.50 bits per heavy atom. The Labute approximate surface area is 218 Å². The summed E-state index contributed by atoms with van der Waals surface area (Å²) < 4.78 is 2.50. The number of nitrogens with one attached hydrogen (secondary N) is 2. The van der Waals surface area contributed by atoms with E-state index < -0.39 is 0 Å². The predicted molar refractivity (Wildman–Crippen MR) is 137 cm³/mol. The number of amides is 2. The van der Waals surface area contributed by atoms with Crippen LogP contribution in [0.25, 0.3) is 0 Å². The zero-order valence-corrected chi connectivity index (χ0v) is 22.8. The molecule has 0 heterocycles. The molecule has 2 aromatic carbocycles. The summed E-state index contributed by atoms with van der Waals surface area (Å²) in [6.45, 7) is 0. The van der Waals surface area contributed by atoms with Crippen molar-refractivity contribution in [2.24, 2.45) is 10.2 Å². The number of hydrazone groups is 2. The summed E-state index contributed by atoms with van der Waals surface area (Å²) in [5.74, 6) is -0.571. The fourth-order valence-electron chi connectivity index (χ4n) is 2.40. The van der Waals surface area contributed by atoms with Crippen molar-refractivity contribution in [3.05, 3.63) is 53.3 Å². The van der Waals surface area contributed by atoms with Crippen molar-refractivity contribution in [3.63, 3.8) is 0 Å². The molecule has 0 spiro atoms. The van der Waals surface area contributed by atoms with E-state index in [1.54, 1.807) is 24.3 Å². The highest BCUT2D eigenvalue weighted by molar-refractivity contribution is 9.11. The number of phenols is 2. The zero-order valence-electron chi connectivity index (χ0n) is 16.4. The minimum Gasteiger partial charge on any atom is -0.506 e. The van der Waals surface area contributed by atoms with E-state index in [1.165, 1.54) is 12.4 Å². The summed E-state index contributed by atoms with van der Waals surface area (Å²) in [6.07, 6.45) is 4.06. The van der Waals surface area contributed by atoms with Gasteiger partial charge in [0.25, 0.3) is 0 Å². The van der Waals surface area contributed by atoms with Crippen LogP contribution < -0.4 is 10.9 Å². The molecule has 0 saturated carbocycles. The Morgan fingerprint density at radius 1 is 0.750 bits per heavy atom. The molecule has 4 N–H and O–H groups in total.